The monoisotopic (exact) mass is 465 g/mol. The van der Waals surface area contributed by atoms with Crippen molar-refractivity contribution in [1.82, 2.24) is 4.90 Å². The molecule has 6 fully saturated rings. The number of hydrogen-bond acceptors (Lipinski definition) is 8. The molecule has 2 N–H and O–H groups in total. The van der Waals surface area contributed by atoms with E-state index in [1.54, 1.807) is 28.4 Å². The highest BCUT2D eigenvalue weighted by molar-refractivity contribution is 5.90. The first-order valence-corrected chi connectivity index (χ1v) is 12.6. The van der Waals surface area contributed by atoms with E-state index < -0.39 is 34.7 Å². The van der Waals surface area contributed by atoms with Gasteiger partial charge in [0.1, 0.15) is 17.0 Å². The van der Waals surface area contributed by atoms with Crippen molar-refractivity contribution in [3.8, 4) is 0 Å². The van der Waals surface area contributed by atoms with Crippen molar-refractivity contribution < 1.29 is 34.0 Å². The number of ketones is 1. The van der Waals surface area contributed by atoms with Gasteiger partial charge in [-0.2, -0.15) is 0 Å². The lowest BCUT2D eigenvalue weighted by Crippen LogP contribution is -2.81. The molecule has 8 nitrogen and oxygen atoms in total. The van der Waals surface area contributed by atoms with Crippen LogP contribution in [0.25, 0.3) is 0 Å². The Balaban J connectivity index is 1.68. The maximum Gasteiger partial charge on any atom is 0.144 e. The number of nitrogens with zero attached hydrogens (tertiary/aromatic N) is 1. The first-order chi connectivity index (χ1) is 15.8. The van der Waals surface area contributed by atoms with E-state index in [4.69, 9.17) is 18.9 Å². The van der Waals surface area contributed by atoms with Crippen molar-refractivity contribution in [3.05, 3.63) is 0 Å². The predicted octanol–water partition coefficient (Wildman–Crippen LogP) is 0.479. The molecule has 186 valence electrons. The zero-order valence-electron chi connectivity index (χ0n) is 20.5. The van der Waals surface area contributed by atoms with Gasteiger partial charge in [0.15, 0.2) is 0 Å². The van der Waals surface area contributed by atoms with Crippen molar-refractivity contribution in [1.29, 1.82) is 0 Å². The zero-order valence-corrected chi connectivity index (χ0v) is 20.5. The number of likely N-dealkylation sites (N-methyl/N-ethyl adjacent to an activating group) is 1. The Morgan fingerprint density at radius 3 is 2.48 bits per heavy atom. The molecule has 0 aromatic heterocycles. The lowest BCUT2D eigenvalue weighted by molar-refractivity contribution is -0.301. The molecule has 5 saturated carbocycles. The van der Waals surface area contributed by atoms with Crippen molar-refractivity contribution in [2.24, 2.45) is 34.5 Å². The molecule has 6 aliphatic rings. The van der Waals surface area contributed by atoms with Crippen LogP contribution in [-0.4, -0.2) is 105 Å². The minimum Gasteiger partial charge on any atom is -0.386 e. The Kier molecular flexibility index (Phi) is 4.84. The molecule has 0 aromatic carbocycles. The van der Waals surface area contributed by atoms with E-state index in [1.165, 1.54) is 0 Å². The van der Waals surface area contributed by atoms with Crippen molar-refractivity contribution >= 4 is 5.78 Å². The molecule has 1 heterocycles. The van der Waals surface area contributed by atoms with Gasteiger partial charge in [0.25, 0.3) is 0 Å². The molecule has 0 aromatic rings. The molecule has 1 aliphatic heterocycles. The van der Waals surface area contributed by atoms with E-state index in [-0.39, 0.29) is 47.5 Å². The summed E-state index contributed by atoms with van der Waals surface area (Å²) in [5, 5.41) is 25.4. The summed E-state index contributed by atoms with van der Waals surface area (Å²) in [4.78, 5) is 16.1. The second-order valence-corrected chi connectivity index (χ2v) is 11.7. The number of Topliss-reactive ketones (excluding diaryl/α,β-unsaturated/α-hetero) is 1. The van der Waals surface area contributed by atoms with E-state index in [9.17, 15) is 15.0 Å². The first-order valence-electron chi connectivity index (χ1n) is 12.6. The predicted molar refractivity (Wildman–Crippen MR) is 118 cm³/mol. The highest BCUT2D eigenvalue weighted by Crippen LogP contribution is 2.79. The van der Waals surface area contributed by atoms with E-state index in [0.717, 1.165) is 25.9 Å². The van der Waals surface area contributed by atoms with E-state index >= 15 is 0 Å². The molecule has 12 atom stereocenters. The van der Waals surface area contributed by atoms with Crippen LogP contribution in [0.15, 0.2) is 0 Å². The molecule has 0 radical (unpaired) electrons. The summed E-state index contributed by atoms with van der Waals surface area (Å²) in [5.41, 5.74) is -3.95. The number of carbonyl (C=O) groups excluding carboxylic acids is 1. The first kappa shape index (κ1) is 22.8. The van der Waals surface area contributed by atoms with Crippen LogP contribution >= 0.6 is 0 Å². The summed E-state index contributed by atoms with van der Waals surface area (Å²) >= 11 is 0. The Bertz CT molecular complexity index is 855. The Morgan fingerprint density at radius 1 is 1.12 bits per heavy atom. The molecule has 0 unspecified atom stereocenters. The third-order valence-electron chi connectivity index (χ3n) is 11.2. The molecular formula is C25H39NO7. The highest BCUT2D eigenvalue weighted by atomic mass is 16.5. The van der Waals surface area contributed by atoms with Crippen LogP contribution in [0.2, 0.25) is 0 Å². The molecule has 6 rings (SSSR count). The summed E-state index contributed by atoms with van der Waals surface area (Å²) in [6, 6.07) is -0.353. The van der Waals surface area contributed by atoms with E-state index in [0.29, 0.717) is 13.0 Å². The van der Waals surface area contributed by atoms with Gasteiger partial charge in [-0.15, -0.1) is 0 Å². The van der Waals surface area contributed by atoms with Crippen LogP contribution in [0, 0.1) is 34.5 Å². The molecule has 8 heteroatoms. The van der Waals surface area contributed by atoms with E-state index in [1.807, 2.05) is 0 Å². The number of hydrogen-bond donors (Lipinski definition) is 2. The fourth-order valence-corrected chi connectivity index (χ4v) is 10.7. The van der Waals surface area contributed by atoms with Gasteiger partial charge in [0, 0.05) is 64.1 Å². The van der Waals surface area contributed by atoms with Gasteiger partial charge < -0.3 is 29.2 Å². The number of rotatable bonds is 6. The number of fused-ring (bicyclic) bond motifs is 2. The molecule has 33 heavy (non-hydrogen) atoms. The number of likely N-dealkylation sites (tertiary alicyclic amines) is 1. The van der Waals surface area contributed by atoms with Gasteiger partial charge in [-0.25, -0.2) is 0 Å². The molecular weight excluding hydrogens is 426 g/mol. The van der Waals surface area contributed by atoms with Crippen LogP contribution < -0.4 is 0 Å². The largest absolute Gasteiger partial charge is 0.386 e. The Morgan fingerprint density at radius 2 is 1.88 bits per heavy atom. The second-order valence-electron chi connectivity index (χ2n) is 11.7. The number of carbonyl (C=O) groups is 1. The minimum absolute atomic E-state index is 0.0498. The van der Waals surface area contributed by atoms with Crippen LogP contribution in [0.5, 0.6) is 0 Å². The number of methoxy groups -OCH3 is 4. The normalized spacial score (nSPS) is 58.7. The smallest absolute Gasteiger partial charge is 0.144 e. The summed E-state index contributed by atoms with van der Waals surface area (Å²) in [6.45, 7) is 4.19. The zero-order chi connectivity index (χ0) is 23.6. The summed E-state index contributed by atoms with van der Waals surface area (Å²) in [6.07, 6.45) is 1.53. The van der Waals surface area contributed by atoms with Gasteiger partial charge in [-0.3, -0.25) is 9.69 Å². The topological polar surface area (TPSA) is 97.7 Å². The van der Waals surface area contributed by atoms with Crippen LogP contribution in [-0.2, 0) is 23.7 Å². The highest BCUT2D eigenvalue weighted by Gasteiger charge is 2.91. The fraction of sp³-hybridized carbons (Fsp3) is 0.960. The van der Waals surface area contributed by atoms with Gasteiger partial charge in [0.05, 0.1) is 36.9 Å². The second kappa shape index (κ2) is 6.99. The molecule has 0 amide bonds. The third-order valence-corrected chi connectivity index (χ3v) is 11.2. The summed E-state index contributed by atoms with van der Waals surface area (Å²) in [5.74, 6) is -0.972. The van der Waals surface area contributed by atoms with E-state index in [2.05, 4.69) is 11.8 Å². The average molecular weight is 466 g/mol. The number of ether oxygens (including phenoxy) is 4. The van der Waals surface area contributed by atoms with Gasteiger partial charge >= 0.3 is 0 Å². The van der Waals surface area contributed by atoms with Crippen LogP contribution in [0.4, 0.5) is 0 Å². The molecule has 1 spiro atoms. The third kappa shape index (κ3) is 2.15. The maximum absolute atomic E-state index is 13.8. The average Bonchev–Trinajstić information content (AvgIpc) is 3.16. The Labute approximate surface area is 195 Å². The lowest BCUT2D eigenvalue weighted by Gasteiger charge is -2.69. The Hall–Kier alpha value is -0.610. The number of aliphatic hydroxyl groups is 2. The quantitative estimate of drug-likeness (QED) is 0.585. The summed E-state index contributed by atoms with van der Waals surface area (Å²) in [7, 11) is 6.75. The summed E-state index contributed by atoms with van der Waals surface area (Å²) < 4.78 is 24.1. The molecule has 1 saturated heterocycles. The van der Waals surface area contributed by atoms with Gasteiger partial charge in [0.2, 0.25) is 0 Å². The van der Waals surface area contributed by atoms with Crippen LogP contribution in [0.1, 0.15) is 32.6 Å². The van der Waals surface area contributed by atoms with Crippen molar-refractivity contribution in [2.75, 3.05) is 48.1 Å². The van der Waals surface area contributed by atoms with Crippen molar-refractivity contribution in [3.63, 3.8) is 0 Å². The van der Waals surface area contributed by atoms with Gasteiger partial charge in [-0.1, -0.05) is 6.92 Å². The van der Waals surface area contributed by atoms with Crippen LogP contribution in [0.3, 0.4) is 0 Å². The van der Waals surface area contributed by atoms with Crippen molar-refractivity contribution in [2.45, 2.75) is 68.2 Å². The molecule has 7 bridgehead atoms. The maximum atomic E-state index is 13.8. The standard InChI is InChI=1S/C25H39NO7/c1-6-26-11-22(12-30-2)8-7-16(32-4)24-14-9-13-15(31-3)10-23(28,17(14)18(13)27)25(29,21(24)26)20(33-5)19(22)24/h13-17,19-21,28-29H,6-12H2,1-5H3/t13-,14-,15+,16-,17-,19+,20+,21-,22-,23-,24-,25+/m1/s1. The lowest BCUT2D eigenvalue weighted by atomic mass is 9.42. The van der Waals surface area contributed by atoms with Gasteiger partial charge in [-0.05, 0) is 31.7 Å². The fourth-order valence-electron chi connectivity index (χ4n) is 10.7. The number of piperidine rings is 1. The molecule has 5 aliphatic carbocycles. The SMILES string of the molecule is CCN1C[C@@]2(COC)CC[C@@H](OC)[C@@]34[C@@H]5C[C@H]6C(=O)[C@@H]5[C@](O)(C[C@@H]6OC)[C@@](O)([C@H]13)[C@@H](OC)[C@@H]24. The minimum atomic E-state index is -1.61.